The molecule has 0 aliphatic carbocycles. The van der Waals surface area contributed by atoms with Gasteiger partial charge in [-0.15, -0.1) is 0 Å². The van der Waals surface area contributed by atoms with E-state index in [9.17, 15) is 0 Å². The van der Waals surface area contributed by atoms with Crippen LogP contribution in [0.1, 0.15) is 45.3 Å². The molecule has 0 atom stereocenters. The number of aryl methyl sites for hydroxylation is 1. The molecule has 1 aromatic heterocycles. The molecule has 86 valence electrons. The molecule has 1 N–H and O–H groups in total. The van der Waals surface area contributed by atoms with Crippen LogP contribution in [-0.4, -0.2) is 22.7 Å². The van der Waals surface area contributed by atoms with Crippen LogP contribution in [0.25, 0.3) is 0 Å². The summed E-state index contributed by atoms with van der Waals surface area (Å²) in [6.07, 6.45) is 4.00. The average Bonchev–Trinajstić information content (AvgIpc) is 2.72. The van der Waals surface area contributed by atoms with E-state index in [4.69, 9.17) is 4.52 Å². The van der Waals surface area contributed by atoms with E-state index in [0.717, 1.165) is 31.1 Å². The Morgan fingerprint density at radius 1 is 1.27 bits per heavy atom. The van der Waals surface area contributed by atoms with Crippen LogP contribution in [0.15, 0.2) is 4.52 Å². The predicted octanol–water partition coefficient (Wildman–Crippen LogP) is 1.95. The molecular formula is C11H21N3O. The van der Waals surface area contributed by atoms with E-state index in [2.05, 4.69) is 29.3 Å². The fraction of sp³-hybridized carbons (Fsp3) is 0.818. The van der Waals surface area contributed by atoms with Crippen LogP contribution < -0.4 is 5.32 Å². The predicted molar refractivity (Wildman–Crippen MR) is 59.8 cm³/mol. The Balaban J connectivity index is 2.25. The van der Waals surface area contributed by atoms with E-state index in [1.807, 2.05) is 6.92 Å². The molecule has 1 heterocycles. The third-order valence-corrected chi connectivity index (χ3v) is 2.58. The minimum Gasteiger partial charge on any atom is -0.339 e. The largest absolute Gasteiger partial charge is 0.339 e. The molecule has 0 amide bonds. The number of nitrogens with one attached hydrogen (secondary N) is 1. The zero-order valence-electron chi connectivity index (χ0n) is 9.92. The lowest BCUT2D eigenvalue weighted by Crippen LogP contribution is -2.29. The summed E-state index contributed by atoms with van der Waals surface area (Å²) in [5.41, 5.74) is 0. The van der Waals surface area contributed by atoms with Gasteiger partial charge in [0, 0.05) is 25.4 Å². The molecule has 0 saturated carbocycles. The Hall–Kier alpha value is -0.900. The van der Waals surface area contributed by atoms with Crippen LogP contribution in [0, 0.1) is 0 Å². The topological polar surface area (TPSA) is 51.0 Å². The quantitative estimate of drug-likeness (QED) is 0.749. The number of nitrogens with zero attached hydrogens (tertiary/aromatic N) is 2. The first-order valence-electron chi connectivity index (χ1n) is 5.84. The third kappa shape index (κ3) is 4.00. The Labute approximate surface area is 91.5 Å². The van der Waals surface area contributed by atoms with Gasteiger partial charge in [-0.1, -0.05) is 25.9 Å². The summed E-state index contributed by atoms with van der Waals surface area (Å²) in [4.78, 5) is 4.26. The van der Waals surface area contributed by atoms with Crippen LogP contribution in [0.5, 0.6) is 0 Å². The Morgan fingerprint density at radius 2 is 2.00 bits per heavy atom. The summed E-state index contributed by atoms with van der Waals surface area (Å²) < 4.78 is 5.04. The van der Waals surface area contributed by atoms with Gasteiger partial charge in [0.1, 0.15) is 0 Å². The lowest BCUT2D eigenvalue weighted by Gasteiger charge is -2.13. The standard InChI is InChI=1S/C11H21N3O/c1-4-9(5-2)12-8-7-10-13-11(6-3)15-14-10/h9,12H,4-8H2,1-3H3. The number of aromatic nitrogens is 2. The minimum atomic E-state index is 0.613. The van der Waals surface area contributed by atoms with Crippen molar-refractivity contribution in [1.29, 1.82) is 0 Å². The van der Waals surface area contributed by atoms with Gasteiger partial charge in [-0.25, -0.2) is 0 Å². The minimum absolute atomic E-state index is 0.613. The van der Waals surface area contributed by atoms with Crippen LogP contribution in [0.3, 0.4) is 0 Å². The SMILES string of the molecule is CCc1nc(CCNC(CC)CC)no1. The molecule has 0 unspecified atom stereocenters. The monoisotopic (exact) mass is 211 g/mol. The second-order valence-electron chi connectivity index (χ2n) is 3.68. The van der Waals surface area contributed by atoms with Crippen LogP contribution >= 0.6 is 0 Å². The molecule has 1 aromatic rings. The second kappa shape index (κ2) is 6.56. The fourth-order valence-corrected chi connectivity index (χ4v) is 1.50. The molecule has 0 spiro atoms. The highest BCUT2D eigenvalue weighted by atomic mass is 16.5. The first-order chi connectivity index (χ1) is 7.30. The van der Waals surface area contributed by atoms with Gasteiger partial charge in [0.15, 0.2) is 5.82 Å². The van der Waals surface area contributed by atoms with E-state index in [0.29, 0.717) is 6.04 Å². The van der Waals surface area contributed by atoms with Crippen molar-refractivity contribution >= 4 is 0 Å². The average molecular weight is 211 g/mol. The van der Waals surface area contributed by atoms with Crippen molar-refractivity contribution in [2.75, 3.05) is 6.54 Å². The number of hydrogen-bond acceptors (Lipinski definition) is 4. The molecule has 0 aliphatic heterocycles. The molecular weight excluding hydrogens is 190 g/mol. The van der Waals surface area contributed by atoms with Gasteiger partial charge >= 0.3 is 0 Å². The number of hydrogen-bond donors (Lipinski definition) is 1. The first-order valence-corrected chi connectivity index (χ1v) is 5.84. The normalized spacial score (nSPS) is 11.2. The van der Waals surface area contributed by atoms with Gasteiger partial charge in [-0.3, -0.25) is 0 Å². The maximum atomic E-state index is 5.04. The first kappa shape index (κ1) is 12.2. The van der Waals surface area contributed by atoms with Crippen molar-refractivity contribution < 1.29 is 4.52 Å². The van der Waals surface area contributed by atoms with E-state index in [-0.39, 0.29) is 0 Å². The van der Waals surface area contributed by atoms with Crippen LogP contribution in [0.2, 0.25) is 0 Å². The van der Waals surface area contributed by atoms with Crippen molar-refractivity contribution in [2.24, 2.45) is 0 Å². The summed E-state index contributed by atoms with van der Waals surface area (Å²) in [5.74, 6) is 1.54. The van der Waals surface area contributed by atoms with E-state index in [1.165, 1.54) is 12.8 Å². The summed E-state index contributed by atoms with van der Waals surface area (Å²) >= 11 is 0. The van der Waals surface area contributed by atoms with E-state index in [1.54, 1.807) is 0 Å². The highest BCUT2D eigenvalue weighted by molar-refractivity contribution is 4.86. The van der Waals surface area contributed by atoms with Crippen molar-refractivity contribution in [3.05, 3.63) is 11.7 Å². The van der Waals surface area contributed by atoms with Gasteiger partial charge in [0.05, 0.1) is 0 Å². The Kier molecular flexibility index (Phi) is 5.32. The summed E-state index contributed by atoms with van der Waals surface area (Å²) in [7, 11) is 0. The fourth-order valence-electron chi connectivity index (χ4n) is 1.50. The summed E-state index contributed by atoms with van der Waals surface area (Å²) in [6, 6.07) is 0.613. The second-order valence-corrected chi connectivity index (χ2v) is 3.68. The lowest BCUT2D eigenvalue weighted by atomic mass is 10.2. The van der Waals surface area contributed by atoms with Gasteiger partial charge in [0.2, 0.25) is 5.89 Å². The maximum Gasteiger partial charge on any atom is 0.226 e. The molecule has 4 heteroatoms. The van der Waals surface area contributed by atoms with E-state index < -0.39 is 0 Å². The molecule has 0 bridgehead atoms. The molecule has 15 heavy (non-hydrogen) atoms. The summed E-state index contributed by atoms with van der Waals surface area (Å²) in [6.45, 7) is 7.34. The van der Waals surface area contributed by atoms with Gasteiger partial charge in [-0.05, 0) is 12.8 Å². The highest BCUT2D eigenvalue weighted by Crippen LogP contribution is 1.99. The third-order valence-electron chi connectivity index (χ3n) is 2.58. The van der Waals surface area contributed by atoms with Gasteiger partial charge < -0.3 is 9.84 Å². The lowest BCUT2D eigenvalue weighted by molar-refractivity contribution is 0.375. The Bertz CT molecular complexity index is 269. The molecule has 1 rings (SSSR count). The van der Waals surface area contributed by atoms with Crippen molar-refractivity contribution in [1.82, 2.24) is 15.5 Å². The highest BCUT2D eigenvalue weighted by Gasteiger charge is 2.05. The molecule has 0 aliphatic rings. The molecule has 0 fully saturated rings. The maximum absolute atomic E-state index is 5.04. The molecule has 4 nitrogen and oxygen atoms in total. The number of rotatable bonds is 7. The van der Waals surface area contributed by atoms with Crippen molar-refractivity contribution in [3.8, 4) is 0 Å². The van der Waals surface area contributed by atoms with Gasteiger partial charge in [-0.2, -0.15) is 4.98 Å². The van der Waals surface area contributed by atoms with Crippen LogP contribution in [-0.2, 0) is 12.8 Å². The summed E-state index contributed by atoms with van der Waals surface area (Å²) in [5, 5.41) is 7.38. The smallest absolute Gasteiger partial charge is 0.226 e. The van der Waals surface area contributed by atoms with Crippen molar-refractivity contribution in [2.45, 2.75) is 52.5 Å². The molecule has 0 aromatic carbocycles. The molecule has 0 radical (unpaired) electrons. The van der Waals surface area contributed by atoms with Gasteiger partial charge in [0.25, 0.3) is 0 Å². The molecule has 0 saturated heterocycles. The Morgan fingerprint density at radius 3 is 2.53 bits per heavy atom. The van der Waals surface area contributed by atoms with E-state index >= 15 is 0 Å². The van der Waals surface area contributed by atoms with Crippen molar-refractivity contribution in [3.63, 3.8) is 0 Å². The zero-order valence-corrected chi connectivity index (χ0v) is 9.92. The van der Waals surface area contributed by atoms with Crippen LogP contribution in [0.4, 0.5) is 0 Å². The zero-order chi connectivity index (χ0) is 11.1.